The molecule has 5 nitrogen and oxygen atoms in total. The van der Waals surface area contributed by atoms with Gasteiger partial charge in [0, 0.05) is 18.6 Å². The lowest BCUT2D eigenvalue weighted by Crippen LogP contribution is -2.47. The number of aryl methyl sites for hydroxylation is 2. The maximum atomic E-state index is 13.1. The number of hydrogen-bond acceptors (Lipinski definition) is 4. The minimum absolute atomic E-state index is 0.0487. The van der Waals surface area contributed by atoms with Crippen molar-refractivity contribution in [3.63, 3.8) is 0 Å². The van der Waals surface area contributed by atoms with Crippen LogP contribution in [0, 0.1) is 6.92 Å². The Balaban J connectivity index is 2.10. The molecule has 3 rings (SSSR count). The van der Waals surface area contributed by atoms with Crippen LogP contribution in [-0.2, 0) is 6.54 Å². The quantitative estimate of drug-likeness (QED) is 0.848. The smallest absolute Gasteiger partial charge is 0.264 e. The maximum absolute atomic E-state index is 13.1. The Labute approximate surface area is 139 Å². The number of hydrogen-bond donors (Lipinski definition) is 0. The molecule has 0 N–H and O–H groups in total. The zero-order valence-electron chi connectivity index (χ0n) is 14.1. The topological polar surface area (TPSA) is 55.2 Å². The van der Waals surface area contributed by atoms with E-state index in [9.17, 15) is 9.59 Å². The van der Waals surface area contributed by atoms with Crippen molar-refractivity contribution in [2.45, 2.75) is 65.6 Å². The highest BCUT2D eigenvalue weighted by Crippen LogP contribution is 2.31. The van der Waals surface area contributed by atoms with E-state index in [2.05, 4.69) is 18.8 Å². The fraction of sp³-hybridized carbons (Fsp3) is 0.588. The van der Waals surface area contributed by atoms with Crippen molar-refractivity contribution in [3.05, 3.63) is 27.1 Å². The molecule has 124 valence electrons. The van der Waals surface area contributed by atoms with E-state index in [-0.39, 0.29) is 23.6 Å². The maximum Gasteiger partial charge on any atom is 0.264 e. The van der Waals surface area contributed by atoms with Crippen LogP contribution in [0.5, 0.6) is 0 Å². The van der Waals surface area contributed by atoms with Crippen LogP contribution < -0.4 is 5.56 Å². The normalized spacial score (nSPS) is 21.8. The standard InChI is InChI=1S/C17H23N3O2S/c1-5-19-9-18-15-13(16(19)21)12(4)14(23-15)17(22)20-10(2)7-6-8-11(20)3/h9-11H,5-8H2,1-4H3. The van der Waals surface area contributed by atoms with Gasteiger partial charge in [-0.3, -0.25) is 14.2 Å². The summed E-state index contributed by atoms with van der Waals surface area (Å²) in [6.45, 7) is 8.59. The van der Waals surface area contributed by atoms with Gasteiger partial charge in [0.25, 0.3) is 11.5 Å². The van der Waals surface area contributed by atoms with Gasteiger partial charge in [-0.25, -0.2) is 4.98 Å². The lowest BCUT2D eigenvalue weighted by Gasteiger charge is -2.39. The number of likely N-dealkylation sites (tertiary alicyclic amines) is 1. The number of piperidine rings is 1. The van der Waals surface area contributed by atoms with Gasteiger partial charge in [-0.1, -0.05) is 0 Å². The molecular formula is C17H23N3O2S. The van der Waals surface area contributed by atoms with Crippen LogP contribution in [0.25, 0.3) is 10.2 Å². The molecule has 3 heterocycles. The second kappa shape index (κ2) is 6.07. The summed E-state index contributed by atoms with van der Waals surface area (Å²) in [4.78, 5) is 33.3. The summed E-state index contributed by atoms with van der Waals surface area (Å²) < 4.78 is 1.59. The zero-order chi connectivity index (χ0) is 16.7. The molecule has 0 radical (unpaired) electrons. The van der Waals surface area contributed by atoms with E-state index >= 15 is 0 Å². The van der Waals surface area contributed by atoms with Crippen molar-refractivity contribution in [2.24, 2.45) is 0 Å². The molecule has 2 atom stereocenters. The third-order valence-electron chi connectivity index (χ3n) is 4.88. The summed E-state index contributed by atoms with van der Waals surface area (Å²) in [5.74, 6) is 0.0487. The minimum atomic E-state index is -0.0509. The number of carbonyl (C=O) groups excluding carboxylic acids is 1. The van der Waals surface area contributed by atoms with E-state index in [0.29, 0.717) is 21.6 Å². The van der Waals surface area contributed by atoms with Crippen molar-refractivity contribution in [1.82, 2.24) is 14.5 Å². The Bertz CT molecular complexity index is 798. The molecule has 0 aliphatic carbocycles. The summed E-state index contributed by atoms with van der Waals surface area (Å²) in [5, 5.41) is 0.597. The van der Waals surface area contributed by atoms with Crippen molar-refractivity contribution < 1.29 is 4.79 Å². The lowest BCUT2D eigenvalue weighted by atomic mass is 9.97. The molecule has 2 aromatic rings. The van der Waals surface area contributed by atoms with E-state index in [1.807, 2.05) is 18.7 Å². The van der Waals surface area contributed by atoms with Crippen LogP contribution in [-0.4, -0.2) is 32.4 Å². The van der Waals surface area contributed by atoms with Crippen LogP contribution >= 0.6 is 11.3 Å². The monoisotopic (exact) mass is 333 g/mol. The second-order valence-electron chi connectivity index (χ2n) is 6.41. The van der Waals surface area contributed by atoms with E-state index < -0.39 is 0 Å². The fourth-order valence-corrected chi connectivity index (χ4v) is 4.61. The molecule has 1 amide bonds. The molecule has 0 bridgehead atoms. The van der Waals surface area contributed by atoms with Crippen molar-refractivity contribution in [1.29, 1.82) is 0 Å². The number of rotatable bonds is 2. The van der Waals surface area contributed by atoms with Crippen LogP contribution in [0.2, 0.25) is 0 Å². The first kappa shape index (κ1) is 16.2. The Hall–Kier alpha value is -1.69. The van der Waals surface area contributed by atoms with Gasteiger partial charge in [0.2, 0.25) is 0 Å². The largest absolute Gasteiger partial charge is 0.333 e. The molecule has 1 aliphatic heterocycles. The first-order valence-electron chi connectivity index (χ1n) is 8.26. The molecule has 2 aromatic heterocycles. The summed E-state index contributed by atoms with van der Waals surface area (Å²) in [6.07, 6.45) is 4.82. The van der Waals surface area contributed by atoms with Gasteiger partial charge in [-0.15, -0.1) is 11.3 Å². The molecule has 0 aromatic carbocycles. The van der Waals surface area contributed by atoms with Crippen molar-refractivity contribution >= 4 is 27.5 Å². The van der Waals surface area contributed by atoms with Crippen LogP contribution in [0.1, 0.15) is 55.3 Å². The fourth-order valence-electron chi connectivity index (χ4n) is 3.53. The van der Waals surface area contributed by atoms with Gasteiger partial charge in [0.15, 0.2) is 0 Å². The number of nitrogens with zero attached hydrogens (tertiary/aromatic N) is 3. The predicted molar refractivity (Wildman–Crippen MR) is 93.2 cm³/mol. The first-order chi connectivity index (χ1) is 11.0. The van der Waals surface area contributed by atoms with Gasteiger partial charge < -0.3 is 4.90 Å². The molecule has 23 heavy (non-hydrogen) atoms. The summed E-state index contributed by atoms with van der Waals surface area (Å²) in [5.41, 5.74) is 0.727. The highest BCUT2D eigenvalue weighted by Gasteiger charge is 2.32. The first-order valence-corrected chi connectivity index (χ1v) is 9.08. The molecule has 6 heteroatoms. The highest BCUT2D eigenvalue weighted by molar-refractivity contribution is 7.20. The molecule has 1 saturated heterocycles. The van der Waals surface area contributed by atoms with Gasteiger partial charge in [0.05, 0.1) is 16.6 Å². The van der Waals surface area contributed by atoms with E-state index in [1.54, 1.807) is 10.9 Å². The van der Waals surface area contributed by atoms with Crippen LogP contribution in [0.3, 0.4) is 0 Å². The Morgan fingerprint density at radius 2 is 2.00 bits per heavy atom. The van der Waals surface area contributed by atoms with Crippen LogP contribution in [0.15, 0.2) is 11.1 Å². The molecule has 1 aliphatic rings. The zero-order valence-corrected chi connectivity index (χ0v) is 14.9. The van der Waals surface area contributed by atoms with Crippen molar-refractivity contribution in [3.8, 4) is 0 Å². The van der Waals surface area contributed by atoms with E-state index in [1.165, 1.54) is 17.8 Å². The number of carbonyl (C=O) groups is 1. The predicted octanol–water partition coefficient (Wildman–Crippen LogP) is 3.19. The molecule has 0 saturated carbocycles. The Kier molecular flexibility index (Phi) is 4.27. The van der Waals surface area contributed by atoms with Gasteiger partial charge >= 0.3 is 0 Å². The Morgan fingerprint density at radius 1 is 1.35 bits per heavy atom. The average molecular weight is 333 g/mol. The average Bonchev–Trinajstić information content (AvgIpc) is 2.85. The van der Waals surface area contributed by atoms with Gasteiger partial charge in [0.1, 0.15) is 4.83 Å². The molecule has 0 spiro atoms. The number of fused-ring (bicyclic) bond motifs is 1. The third-order valence-corrected chi connectivity index (χ3v) is 6.07. The molecule has 2 unspecified atom stereocenters. The lowest BCUT2D eigenvalue weighted by molar-refractivity contribution is 0.0515. The number of thiophene rings is 1. The highest BCUT2D eigenvalue weighted by atomic mass is 32.1. The van der Waals surface area contributed by atoms with E-state index in [4.69, 9.17) is 0 Å². The van der Waals surface area contributed by atoms with Crippen molar-refractivity contribution in [2.75, 3.05) is 0 Å². The van der Waals surface area contributed by atoms with E-state index in [0.717, 1.165) is 18.4 Å². The second-order valence-corrected chi connectivity index (χ2v) is 7.41. The molecular weight excluding hydrogens is 310 g/mol. The van der Waals surface area contributed by atoms with Gasteiger partial charge in [-0.05, 0) is 52.5 Å². The third kappa shape index (κ3) is 2.59. The Morgan fingerprint density at radius 3 is 2.61 bits per heavy atom. The number of aromatic nitrogens is 2. The van der Waals surface area contributed by atoms with Crippen LogP contribution in [0.4, 0.5) is 0 Å². The molecule has 1 fully saturated rings. The summed E-state index contributed by atoms with van der Waals surface area (Å²) in [6, 6.07) is 0.493. The summed E-state index contributed by atoms with van der Waals surface area (Å²) >= 11 is 1.35. The van der Waals surface area contributed by atoms with Gasteiger partial charge in [-0.2, -0.15) is 0 Å². The summed E-state index contributed by atoms with van der Waals surface area (Å²) in [7, 11) is 0. The SMILES string of the molecule is CCn1cnc2sc(C(=O)N3C(C)CCCC3C)c(C)c2c1=O. The number of amides is 1. The minimum Gasteiger partial charge on any atom is -0.333 e.